The molecule has 1 fully saturated rings. The van der Waals surface area contributed by atoms with Crippen LogP contribution in [0.1, 0.15) is 32.6 Å². The van der Waals surface area contributed by atoms with Gasteiger partial charge >= 0.3 is 5.97 Å². The summed E-state index contributed by atoms with van der Waals surface area (Å²) in [6.07, 6.45) is 2.54. The van der Waals surface area contributed by atoms with Gasteiger partial charge in [0.2, 0.25) is 6.10 Å². The summed E-state index contributed by atoms with van der Waals surface area (Å²) >= 11 is 0. The zero-order valence-corrected chi connectivity index (χ0v) is 13.1. The molecule has 0 saturated heterocycles. The Bertz CT molecular complexity index is 582. The summed E-state index contributed by atoms with van der Waals surface area (Å²) in [4.78, 5) is 24.2. The van der Waals surface area contributed by atoms with E-state index in [0.29, 0.717) is 11.5 Å². The van der Waals surface area contributed by atoms with Crippen LogP contribution in [-0.4, -0.2) is 36.7 Å². The van der Waals surface area contributed by atoms with Gasteiger partial charge in [0.05, 0.1) is 0 Å². The Hall–Kier alpha value is -2.24. The Kier molecular flexibility index (Phi) is 4.69. The minimum absolute atomic E-state index is 0.0762. The number of carbonyl (C=O) groups is 2. The summed E-state index contributed by atoms with van der Waals surface area (Å²) in [6.45, 7) is 1.65. The van der Waals surface area contributed by atoms with E-state index in [9.17, 15) is 9.59 Å². The van der Waals surface area contributed by atoms with Crippen LogP contribution in [0.25, 0.3) is 0 Å². The molecule has 1 amide bonds. The minimum Gasteiger partial charge on any atom is -0.485 e. The number of fused-ring (bicyclic) bond motifs is 1. The van der Waals surface area contributed by atoms with Crippen molar-refractivity contribution in [1.29, 1.82) is 0 Å². The fourth-order valence-corrected chi connectivity index (χ4v) is 2.83. The number of hydrogen-bond acceptors (Lipinski definition) is 5. The largest absolute Gasteiger partial charge is 0.485 e. The standard InChI is InChI=1S/C17H21NO5/c1-11(16(19)18-12-6-2-3-7-12)22-17(20)15-10-21-13-8-4-5-9-14(13)23-15/h4-5,8-9,11-12,15H,2-3,6-7,10H2,1H3,(H,18,19)/t11-,15+/m0/s1. The lowest BCUT2D eigenvalue weighted by Gasteiger charge is -2.26. The molecule has 124 valence electrons. The Morgan fingerprint density at radius 3 is 2.65 bits per heavy atom. The molecule has 1 aliphatic carbocycles. The molecule has 6 nitrogen and oxygen atoms in total. The van der Waals surface area contributed by atoms with Crippen LogP contribution in [0.5, 0.6) is 11.5 Å². The van der Waals surface area contributed by atoms with Crippen LogP contribution in [0.2, 0.25) is 0 Å². The van der Waals surface area contributed by atoms with Gasteiger partial charge in [-0.25, -0.2) is 4.79 Å². The van der Waals surface area contributed by atoms with Crippen LogP contribution in [0.15, 0.2) is 24.3 Å². The van der Waals surface area contributed by atoms with Gasteiger partial charge in [-0.2, -0.15) is 0 Å². The van der Waals surface area contributed by atoms with Gasteiger partial charge in [0.25, 0.3) is 5.91 Å². The third-order valence-electron chi connectivity index (χ3n) is 4.14. The van der Waals surface area contributed by atoms with Crippen LogP contribution in [0.3, 0.4) is 0 Å². The maximum atomic E-state index is 12.2. The highest BCUT2D eigenvalue weighted by Gasteiger charge is 2.31. The first kappa shape index (κ1) is 15.6. The highest BCUT2D eigenvalue weighted by molar-refractivity contribution is 5.85. The molecule has 0 radical (unpaired) electrons. The van der Waals surface area contributed by atoms with Gasteiger partial charge in [-0.3, -0.25) is 4.79 Å². The summed E-state index contributed by atoms with van der Waals surface area (Å²) in [6, 6.07) is 7.33. The molecule has 0 aromatic heterocycles. The summed E-state index contributed by atoms with van der Waals surface area (Å²) in [5, 5.41) is 2.91. The number of para-hydroxylation sites is 2. The zero-order chi connectivity index (χ0) is 16.2. The first-order chi connectivity index (χ1) is 11.1. The second-order valence-electron chi connectivity index (χ2n) is 5.93. The van der Waals surface area contributed by atoms with E-state index in [-0.39, 0.29) is 18.6 Å². The first-order valence-corrected chi connectivity index (χ1v) is 8.03. The van der Waals surface area contributed by atoms with E-state index in [1.807, 2.05) is 6.07 Å². The molecule has 23 heavy (non-hydrogen) atoms. The molecule has 6 heteroatoms. The normalized spacial score (nSPS) is 21.5. The molecule has 1 saturated carbocycles. The van der Waals surface area contributed by atoms with Crippen molar-refractivity contribution >= 4 is 11.9 Å². The second kappa shape index (κ2) is 6.89. The van der Waals surface area contributed by atoms with E-state index >= 15 is 0 Å². The number of rotatable bonds is 4. The lowest BCUT2D eigenvalue weighted by Crippen LogP contribution is -2.44. The lowest BCUT2D eigenvalue weighted by atomic mass is 10.2. The van der Waals surface area contributed by atoms with Gasteiger partial charge in [0.15, 0.2) is 17.6 Å². The molecule has 0 bridgehead atoms. The van der Waals surface area contributed by atoms with Crippen LogP contribution >= 0.6 is 0 Å². The topological polar surface area (TPSA) is 73.9 Å². The number of esters is 1. The molecule has 2 aliphatic rings. The summed E-state index contributed by atoms with van der Waals surface area (Å²) in [5.74, 6) is 0.253. The SMILES string of the molecule is C[C@H](OC(=O)[C@H]1COc2ccccc2O1)C(=O)NC1CCCC1. The van der Waals surface area contributed by atoms with E-state index < -0.39 is 18.2 Å². The Balaban J connectivity index is 1.51. The Morgan fingerprint density at radius 1 is 1.22 bits per heavy atom. The number of ether oxygens (including phenoxy) is 3. The van der Waals surface area contributed by atoms with Crippen LogP contribution in [-0.2, 0) is 14.3 Å². The molecular weight excluding hydrogens is 298 g/mol. The third-order valence-corrected chi connectivity index (χ3v) is 4.14. The average molecular weight is 319 g/mol. The minimum atomic E-state index is -0.855. The predicted octanol–water partition coefficient (Wildman–Crippen LogP) is 1.82. The predicted molar refractivity (Wildman–Crippen MR) is 82.3 cm³/mol. The molecule has 1 heterocycles. The monoisotopic (exact) mass is 319 g/mol. The molecule has 1 N–H and O–H groups in total. The van der Waals surface area contributed by atoms with Gasteiger partial charge in [0.1, 0.15) is 6.61 Å². The van der Waals surface area contributed by atoms with Crippen LogP contribution < -0.4 is 14.8 Å². The molecule has 1 aromatic carbocycles. The second-order valence-corrected chi connectivity index (χ2v) is 5.93. The van der Waals surface area contributed by atoms with E-state index in [2.05, 4.69) is 5.32 Å². The molecule has 0 unspecified atom stereocenters. The van der Waals surface area contributed by atoms with Crippen LogP contribution in [0, 0.1) is 0 Å². The Morgan fingerprint density at radius 2 is 1.91 bits per heavy atom. The smallest absolute Gasteiger partial charge is 0.351 e. The molecule has 0 spiro atoms. The number of nitrogens with one attached hydrogen (secondary N) is 1. The zero-order valence-electron chi connectivity index (χ0n) is 13.1. The summed E-state index contributed by atoms with van der Waals surface area (Å²) < 4.78 is 16.3. The van der Waals surface area contributed by atoms with Gasteiger partial charge in [-0.05, 0) is 31.9 Å². The molecule has 1 aromatic rings. The van der Waals surface area contributed by atoms with E-state index in [1.165, 1.54) is 0 Å². The van der Waals surface area contributed by atoms with Crippen molar-refractivity contribution < 1.29 is 23.8 Å². The Labute approximate surface area is 135 Å². The molecule has 3 rings (SSSR count). The number of amides is 1. The van der Waals surface area contributed by atoms with Crippen molar-refractivity contribution in [2.75, 3.05) is 6.61 Å². The van der Waals surface area contributed by atoms with Gasteiger partial charge < -0.3 is 19.5 Å². The van der Waals surface area contributed by atoms with E-state index in [4.69, 9.17) is 14.2 Å². The summed E-state index contributed by atoms with van der Waals surface area (Å²) in [5.41, 5.74) is 0. The highest BCUT2D eigenvalue weighted by atomic mass is 16.6. The number of benzene rings is 1. The fourth-order valence-electron chi connectivity index (χ4n) is 2.83. The van der Waals surface area contributed by atoms with Crippen LogP contribution in [0.4, 0.5) is 0 Å². The highest BCUT2D eigenvalue weighted by Crippen LogP contribution is 2.31. The molecule has 2 atom stereocenters. The van der Waals surface area contributed by atoms with E-state index in [0.717, 1.165) is 25.7 Å². The average Bonchev–Trinajstić information content (AvgIpc) is 3.07. The van der Waals surface area contributed by atoms with Gasteiger partial charge in [-0.1, -0.05) is 25.0 Å². The number of hydrogen-bond donors (Lipinski definition) is 1. The molecule has 1 aliphatic heterocycles. The maximum absolute atomic E-state index is 12.2. The van der Waals surface area contributed by atoms with Gasteiger partial charge in [-0.15, -0.1) is 0 Å². The van der Waals surface area contributed by atoms with E-state index in [1.54, 1.807) is 25.1 Å². The number of carbonyl (C=O) groups excluding carboxylic acids is 2. The van der Waals surface area contributed by atoms with Crippen molar-refractivity contribution in [3.8, 4) is 11.5 Å². The third kappa shape index (κ3) is 3.75. The lowest BCUT2D eigenvalue weighted by molar-refractivity contribution is -0.163. The van der Waals surface area contributed by atoms with Crippen molar-refractivity contribution in [3.63, 3.8) is 0 Å². The van der Waals surface area contributed by atoms with Gasteiger partial charge in [0, 0.05) is 6.04 Å². The summed E-state index contributed by atoms with van der Waals surface area (Å²) in [7, 11) is 0. The fraction of sp³-hybridized carbons (Fsp3) is 0.529. The van der Waals surface area contributed by atoms with Crippen molar-refractivity contribution in [2.24, 2.45) is 0 Å². The van der Waals surface area contributed by atoms with Crippen molar-refractivity contribution in [3.05, 3.63) is 24.3 Å². The first-order valence-electron chi connectivity index (χ1n) is 8.03. The quantitative estimate of drug-likeness (QED) is 0.857. The molecular formula is C17H21NO5. The van der Waals surface area contributed by atoms with Crippen molar-refractivity contribution in [1.82, 2.24) is 5.32 Å². The maximum Gasteiger partial charge on any atom is 0.351 e. The van der Waals surface area contributed by atoms with Crippen molar-refractivity contribution in [2.45, 2.75) is 50.9 Å².